The van der Waals surface area contributed by atoms with E-state index in [1.807, 2.05) is 0 Å². The Bertz CT molecular complexity index is 183. The highest BCUT2D eigenvalue weighted by Crippen LogP contribution is 2.01. The molecule has 0 heterocycles. The molecule has 0 fully saturated rings. The van der Waals surface area contributed by atoms with Gasteiger partial charge in [-0.15, -0.1) is 0 Å². The molecule has 90 valence electrons. The number of nitrogens with one attached hydrogen (secondary N) is 1. The maximum absolute atomic E-state index is 11.4. The van der Waals surface area contributed by atoms with Crippen LogP contribution in [0.25, 0.3) is 0 Å². The number of carbonyl (C=O) groups is 1. The molecule has 0 saturated carbocycles. The lowest BCUT2D eigenvalue weighted by Crippen LogP contribution is -2.41. The van der Waals surface area contributed by atoms with E-state index in [2.05, 4.69) is 19.2 Å². The zero-order valence-electron chi connectivity index (χ0n) is 10.1. The molecule has 0 bridgehead atoms. The van der Waals surface area contributed by atoms with E-state index in [1.54, 1.807) is 13.8 Å². The Balaban J connectivity index is 3.69. The van der Waals surface area contributed by atoms with Gasteiger partial charge in [0.25, 0.3) is 0 Å². The Morgan fingerprint density at radius 2 is 1.93 bits per heavy atom. The second-order valence-corrected chi connectivity index (χ2v) is 4.29. The Hall–Kier alpha value is -0.610. The highest BCUT2D eigenvalue weighted by molar-refractivity contribution is 5.80. The van der Waals surface area contributed by atoms with E-state index in [4.69, 9.17) is 9.84 Å². The van der Waals surface area contributed by atoms with E-state index in [1.165, 1.54) is 0 Å². The fourth-order valence-electron chi connectivity index (χ4n) is 0.962. The summed E-state index contributed by atoms with van der Waals surface area (Å²) in [7, 11) is 0. The SMILES string of the molecule is CC(C)CCOC(C)C(=O)NC(C)CO. The Morgan fingerprint density at radius 1 is 1.33 bits per heavy atom. The van der Waals surface area contributed by atoms with Gasteiger partial charge in [-0.2, -0.15) is 0 Å². The number of amides is 1. The van der Waals surface area contributed by atoms with Gasteiger partial charge >= 0.3 is 0 Å². The second kappa shape index (κ2) is 7.65. The first-order valence-corrected chi connectivity index (χ1v) is 5.50. The fourth-order valence-corrected chi connectivity index (χ4v) is 0.962. The molecular weight excluding hydrogens is 194 g/mol. The monoisotopic (exact) mass is 217 g/mol. The summed E-state index contributed by atoms with van der Waals surface area (Å²) in [5.41, 5.74) is 0. The number of rotatable bonds is 7. The molecule has 0 aliphatic carbocycles. The lowest BCUT2D eigenvalue weighted by Gasteiger charge is -2.16. The molecule has 2 atom stereocenters. The Kier molecular flexibility index (Phi) is 7.34. The van der Waals surface area contributed by atoms with Crippen molar-refractivity contribution in [2.75, 3.05) is 13.2 Å². The van der Waals surface area contributed by atoms with E-state index in [0.717, 1.165) is 6.42 Å². The van der Waals surface area contributed by atoms with Crippen LogP contribution in [-0.2, 0) is 9.53 Å². The van der Waals surface area contributed by atoms with Gasteiger partial charge < -0.3 is 15.2 Å². The molecule has 1 amide bonds. The van der Waals surface area contributed by atoms with Gasteiger partial charge in [-0.05, 0) is 26.2 Å². The van der Waals surface area contributed by atoms with E-state index < -0.39 is 6.10 Å². The highest BCUT2D eigenvalue weighted by Gasteiger charge is 2.14. The molecular formula is C11H23NO3. The van der Waals surface area contributed by atoms with Crippen LogP contribution in [0.4, 0.5) is 0 Å². The first kappa shape index (κ1) is 14.4. The van der Waals surface area contributed by atoms with Crippen LogP contribution in [0, 0.1) is 5.92 Å². The highest BCUT2D eigenvalue weighted by atomic mass is 16.5. The molecule has 0 rings (SSSR count). The van der Waals surface area contributed by atoms with Gasteiger partial charge in [-0.3, -0.25) is 4.79 Å². The molecule has 0 aromatic carbocycles. The molecule has 0 aromatic rings. The lowest BCUT2D eigenvalue weighted by atomic mass is 10.1. The summed E-state index contributed by atoms with van der Waals surface area (Å²) in [6.45, 7) is 8.24. The molecule has 0 aliphatic heterocycles. The summed E-state index contributed by atoms with van der Waals surface area (Å²) in [5.74, 6) is 0.414. The fraction of sp³-hybridized carbons (Fsp3) is 0.909. The molecule has 0 aromatic heterocycles. The average Bonchev–Trinajstić information content (AvgIpc) is 2.16. The molecule has 2 unspecified atom stereocenters. The molecule has 0 saturated heterocycles. The van der Waals surface area contributed by atoms with Crippen molar-refractivity contribution in [2.24, 2.45) is 5.92 Å². The van der Waals surface area contributed by atoms with Crippen molar-refractivity contribution < 1.29 is 14.6 Å². The molecule has 2 N–H and O–H groups in total. The largest absolute Gasteiger partial charge is 0.394 e. The van der Waals surface area contributed by atoms with Crippen molar-refractivity contribution >= 4 is 5.91 Å². The van der Waals surface area contributed by atoms with E-state index in [9.17, 15) is 4.79 Å². The van der Waals surface area contributed by atoms with Crippen LogP contribution in [0.2, 0.25) is 0 Å². The minimum atomic E-state index is -0.447. The molecule has 0 spiro atoms. The van der Waals surface area contributed by atoms with Crippen molar-refractivity contribution in [3.63, 3.8) is 0 Å². The minimum absolute atomic E-state index is 0.0511. The number of carbonyl (C=O) groups excluding carboxylic acids is 1. The number of hydrogen-bond acceptors (Lipinski definition) is 3. The Labute approximate surface area is 92.0 Å². The van der Waals surface area contributed by atoms with Crippen LogP contribution in [0.1, 0.15) is 34.1 Å². The van der Waals surface area contributed by atoms with Crippen LogP contribution in [0.15, 0.2) is 0 Å². The van der Waals surface area contributed by atoms with Gasteiger partial charge in [-0.1, -0.05) is 13.8 Å². The van der Waals surface area contributed by atoms with Crippen LogP contribution in [-0.4, -0.2) is 36.4 Å². The molecule has 0 aliphatic rings. The van der Waals surface area contributed by atoms with Crippen molar-refractivity contribution in [1.82, 2.24) is 5.32 Å². The van der Waals surface area contributed by atoms with Gasteiger partial charge in [0.1, 0.15) is 6.10 Å². The quantitative estimate of drug-likeness (QED) is 0.667. The summed E-state index contributed by atoms with van der Waals surface area (Å²) < 4.78 is 5.37. The third-order valence-electron chi connectivity index (χ3n) is 2.09. The molecule has 4 nitrogen and oxygen atoms in total. The summed E-state index contributed by atoms with van der Waals surface area (Å²) in [4.78, 5) is 11.4. The normalized spacial score (nSPS) is 15.1. The van der Waals surface area contributed by atoms with Crippen LogP contribution >= 0.6 is 0 Å². The molecule has 0 radical (unpaired) electrons. The predicted molar refractivity (Wildman–Crippen MR) is 59.6 cm³/mol. The zero-order valence-corrected chi connectivity index (χ0v) is 10.1. The van der Waals surface area contributed by atoms with E-state index in [-0.39, 0.29) is 18.6 Å². The van der Waals surface area contributed by atoms with Gasteiger partial charge in [0.15, 0.2) is 0 Å². The van der Waals surface area contributed by atoms with Crippen molar-refractivity contribution in [3.05, 3.63) is 0 Å². The Morgan fingerprint density at radius 3 is 2.40 bits per heavy atom. The zero-order chi connectivity index (χ0) is 11.8. The maximum Gasteiger partial charge on any atom is 0.249 e. The first-order valence-electron chi connectivity index (χ1n) is 5.50. The second-order valence-electron chi connectivity index (χ2n) is 4.29. The van der Waals surface area contributed by atoms with E-state index >= 15 is 0 Å². The lowest BCUT2D eigenvalue weighted by molar-refractivity contribution is -0.132. The standard InChI is InChI=1S/C11H23NO3/c1-8(2)5-6-15-10(4)11(14)12-9(3)7-13/h8-10,13H,5-7H2,1-4H3,(H,12,14). The first-order chi connectivity index (χ1) is 6.97. The smallest absolute Gasteiger partial charge is 0.249 e. The number of hydrogen-bond donors (Lipinski definition) is 2. The van der Waals surface area contributed by atoms with Crippen LogP contribution < -0.4 is 5.32 Å². The summed E-state index contributed by atoms with van der Waals surface area (Å²) in [6, 6.07) is -0.214. The van der Waals surface area contributed by atoms with Crippen LogP contribution in [0.5, 0.6) is 0 Å². The van der Waals surface area contributed by atoms with Crippen molar-refractivity contribution in [2.45, 2.75) is 46.3 Å². The molecule has 15 heavy (non-hydrogen) atoms. The third kappa shape index (κ3) is 7.33. The van der Waals surface area contributed by atoms with Gasteiger partial charge in [0.2, 0.25) is 5.91 Å². The molecule has 4 heteroatoms. The van der Waals surface area contributed by atoms with Crippen molar-refractivity contribution in [3.8, 4) is 0 Å². The van der Waals surface area contributed by atoms with E-state index in [0.29, 0.717) is 12.5 Å². The van der Waals surface area contributed by atoms with Gasteiger partial charge in [0.05, 0.1) is 6.61 Å². The van der Waals surface area contributed by atoms with Crippen molar-refractivity contribution in [1.29, 1.82) is 0 Å². The summed E-state index contributed by atoms with van der Waals surface area (Å²) in [6.07, 6.45) is 0.505. The number of aliphatic hydroxyl groups excluding tert-OH is 1. The minimum Gasteiger partial charge on any atom is -0.394 e. The maximum atomic E-state index is 11.4. The number of ether oxygens (including phenoxy) is 1. The van der Waals surface area contributed by atoms with Gasteiger partial charge in [-0.25, -0.2) is 0 Å². The topological polar surface area (TPSA) is 58.6 Å². The third-order valence-corrected chi connectivity index (χ3v) is 2.09. The average molecular weight is 217 g/mol. The summed E-state index contributed by atoms with van der Waals surface area (Å²) >= 11 is 0. The predicted octanol–water partition coefficient (Wildman–Crippen LogP) is 0.935. The summed E-state index contributed by atoms with van der Waals surface area (Å²) in [5, 5.41) is 11.4. The van der Waals surface area contributed by atoms with Gasteiger partial charge in [0, 0.05) is 12.6 Å². The number of aliphatic hydroxyl groups is 1. The van der Waals surface area contributed by atoms with Crippen LogP contribution in [0.3, 0.4) is 0 Å².